The molecule has 1 heterocycles. The standard InChI is InChI=1S/C17H14N2.C2H6/c1-13-12-18-16(14-8-4-2-5-9-14)17(19-13)15-10-6-3-7-11-15;1-2/h2-12H,1H3;1-2H3. The maximum Gasteiger partial charge on any atom is 0.0968 e. The minimum absolute atomic E-state index is 0.928. The van der Waals surface area contributed by atoms with Gasteiger partial charge >= 0.3 is 0 Å². The van der Waals surface area contributed by atoms with Crippen LogP contribution in [0.3, 0.4) is 0 Å². The fraction of sp³-hybridized carbons (Fsp3) is 0.158. The van der Waals surface area contributed by atoms with Gasteiger partial charge in [0.2, 0.25) is 0 Å². The first kappa shape index (κ1) is 14.9. The summed E-state index contributed by atoms with van der Waals surface area (Å²) in [6.07, 6.45) is 1.81. The van der Waals surface area contributed by atoms with Crippen LogP contribution in [0, 0.1) is 6.92 Å². The molecule has 0 aliphatic heterocycles. The Kier molecular flexibility index (Phi) is 5.22. The molecule has 0 N–H and O–H groups in total. The Morgan fingerprint density at radius 1 is 0.667 bits per heavy atom. The molecule has 0 atom stereocenters. The molecule has 2 heteroatoms. The van der Waals surface area contributed by atoms with E-state index in [0.717, 1.165) is 28.2 Å². The lowest BCUT2D eigenvalue weighted by molar-refractivity contribution is 1.13. The van der Waals surface area contributed by atoms with Gasteiger partial charge in [0, 0.05) is 17.3 Å². The Balaban J connectivity index is 0.000000774. The predicted octanol–water partition coefficient (Wildman–Crippen LogP) is 5.15. The molecular formula is C19H20N2. The van der Waals surface area contributed by atoms with Gasteiger partial charge in [-0.25, -0.2) is 4.98 Å². The highest BCUT2D eigenvalue weighted by molar-refractivity contribution is 5.77. The van der Waals surface area contributed by atoms with Crippen LogP contribution in [-0.2, 0) is 0 Å². The van der Waals surface area contributed by atoms with Gasteiger partial charge in [-0.3, -0.25) is 4.98 Å². The molecule has 3 rings (SSSR count). The first-order valence-corrected chi connectivity index (χ1v) is 7.29. The van der Waals surface area contributed by atoms with Crippen molar-refractivity contribution in [3.63, 3.8) is 0 Å². The molecule has 0 aliphatic carbocycles. The fourth-order valence-corrected chi connectivity index (χ4v) is 2.08. The van der Waals surface area contributed by atoms with Gasteiger partial charge in [0.25, 0.3) is 0 Å². The van der Waals surface area contributed by atoms with E-state index in [1.165, 1.54) is 0 Å². The summed E-state index contributed by atoms with van der Waals surface area (Å²) in [7, 11) is 0. The summed E-state index contributed by atoms with van der Waals surface area (Å²) >= 11 is 0. The van der Waals surface area contributed by atoms with E-state index < -0.39 is 0 Å². The number of aromatic nitrogens is 2. The Hall–Kier alpha value is -2.48. The molecule has 0 saturated carbocycles. The van der Waals surface area contributed by atoms with Crippen LogP contribution in [0.25, 0.3) is 22.5 Å². The van der Waals surface area contributed by atoms with Crippen molar-refractivity contribution in [3.05, 3.63) is 72.6 Å². The van der Waals surface area contributed by atoms with Gasteiger partial charge < -0.3 is 0 Å². The topological polar surface area (TPSA) is 25.8 Å². The van der Waals surface area contributed by atoms with Crippen LogP contribution in [0.4, 0.5) is 0 Å². The zero-order chi connectivity index (χ0) is 15.1. The normalized spacial score (nSPS) is 9.67. The Bertz CT molecular complexity index is 676. The van der Waals surface area contributed by atoms with Crippen molar-refractivity contribution in [3.8, 4) is 22.5 Å². The highest BCUT2D eigenvalue weighted by Crippen LogP contribution is 2.28. The molecule has 0 saturated heterocycles. The van der Waals surface area contributed by atoms with E-state index >= 15 is 0 Å². The molecule has 0 aliphatic rings. The van der Waals surface area contributed by atoms with Crippen molar-refractivity contribution in [2.45, 2.75) is 20.8 Å². The quantitative estimate of drug-likeness (QED) is 0.647. The third-order valence-corrected chi connectivity index (χ3v) is 2.99. The first-order valence-electron chi connectivity index (χ1n) is 7.29. The number of rotatable bonds is 2. The summed E-state index contributed by atoms with van der Waals surface area (Å²) < 4.78 is 0. The molecule has 2 aromatic carbocycles. The molecule has 2 nitrogen and oxygen atoms in total. The average Bonchev–Trinajstić information content (AvgIpc) is 2.58. The Morgan fingerprint density at radius 3 is 1.67 bits per heavy atom. The van der Waals surface area contributed by atoms with Gasteiger partial charge in [0.1, 0.15) is 0 Å². The molecule has 0 amide bonds. The minimum Gasteiger partial charge on any atom is -0.252 e. The summed E-state index contributed by atoms with van der Waals surface area (Å²) in [5, 5.41) is 0. The molecule has 21 heavy (non-hydrogen) atoms. The zero-order valence-corrected chi connectivity index (χ0v) is 12.7. The molecule has 0 spiro atoms. The van der Waals surface area contributed by atoms with Crippen LogP contribution >= 0.6 is 0 Å². The number of hydrogen-bond donors (Lipinski definition) is 0. The average molecular weight is 276 g/mol. The summed E-state index contributed by atoms with van der Waals surface area (Å²) in [5.74, 6) is 0. The summed E-state index contributed by atoms with van der Waals surface area (Å²) in [6.45, 7) is 5.97. The van der Waals surface area contributed by atoms with Crippen molar-refractivity contribution >= 4 is 0 Å². The van der Waals surface area contributed by atoms with Gasteiger partial charge in [0.05, 0.1) is 17.1 Å². The van der Waals surface area contributed by atoms with Crippen LogP contribution in [0.2, 0.25) is 0 Å². The fourth-order valence-electron chi connectivity index (χ4n) is 2.08. The molecule has 1 aromatic heterocycles. The lowest BCUT2D eigenvalue weighted by Gasteiger charge is -2.09. The lowest BCUT2D eigenvalue weighted by atomic mass is 10.0. The maximum atomic E-state index is 4.66. The lowest BCUT2D eigenvalue weighted by Crippen LogP contribution is -1.95. The summed E-state index contributed by atoms with van der Waals surface area (Å²) in [6, 6.07) is 20.4. The number of aryl methyl sites for hydroxylation is 1. The van der Waals surface area contributed by atoms with Gasteiger partial charge in [-0.2, -0.15) is 0 Å². The smallest absolute Gasteiger partial charge is 0.0968 e. The molecule has 0 bridgehead atoms. The van der Waals surface area contributed by atoms with E-state index in [1.54, 1.807) is 0 Å². The van der Waals surface area contributed by atoms with Crippen molar-refractivity contribution in [1.29, 1.82) is 0 Å². The van der Waals surface area contributed by atoms with Crippen molar-refractivity contribution in [1.82, 2.24) is 9.97 Å². The van der Waals surface area contributed by atoms with Gasteiger partial charge in [-0.15, -0.1) is 0 Å². The number of benzene rings is 2. The Morgan fingerprint density at radius 2 is 1.14 bits per heavy atom. The number of nitrogens with zero attached hydrogens (tertiary/aromatic N) is 2. The van der Waals surface area contributed by atoms with E-state index in [1.807, 2.05) is 63.4 Å². The molecule has 0 radical (unpaired) electrons. The van der Waals surface area contributed by atoms with E-state index in [-0.39, 0.29) is 0 Å². The molecule has 3 aromatic rings. The molecule has 0 unspecified atom stereocenters. The summed E-state index contributed by atoms with van der Waals surface area (Å²) in [4.78, 5) is 9.22. The van der Waals surface area contributed by atoms with Crippen LogP contribution in [-0.4, -0.2) is 9.97 Å². The van der Waals surface area contributed by atoms with Crippen molar-refractivity contribution in [2.75, 3.05) is 0 Å². The third kappa shape index (κ3) is 3.54. The van der Waals surface area contributed by atoms with Gasteiger partial charge in [-0.1, -0.05) is 74.5 Å². The molecular weight excluding hydrogens is 256 g/mol. The van der Waals surface area contributed by atoms with Crippen molar-refractivity contribution in [2.24, 2.45) is 0 Å². The van der Waals surface area contributed by atoms with E-state index in [9.17, 15) is 0 Å². The zero-order valence-electron chi connectivity index (χ0n) is 12.7. The minimum atomic E-state index is 0.928. The van der Waals surface area contributed by atoms with Crippen LogP contribution in [0.15, 0.2) is 66.9 Å². The molecule has 0 fully saturated rings. The van der Waals surface area contributed by atoms with Crippen LogP contribution in [0.1, 0.15) is 19.5 Å². The largest absolute Gasteiger partial charge is 0.252 e. The third-order valence-electron chi connectivity index (χ3n) is 2.99. The second kappa shape index (κ2) is 7.34. The monoisotopic (exact) mass is 276 g/mol. The molecule has 106 valence electrons. The highest BCUT2D eigenvalue weighted by atomic mass is 14.8. The number of hydrogen-bond acceptors (Lipinski definition) is 2. The van der Waals surface area contributed by atoms with E-state index in [4.69, 9.17) is 0 Å². The highest BCUT2D eigenvalue weighted by Gasteiger charge is 2.10. The van der Waals surface area contributed by atoms with Crippen LogP contribution in [0.5, 0.6) is 0 Å². The first-order chi connectivity index (χ1) is 10.3. The van der Waals surface area contributed by atoms with E-state index in [0.29, 0.717) is 0 Å². The van der Waals surface area contributed by atoms with Crippen LogP contribution < -0.4 is 0 Å². The second-order valence-electron chi connectivity index (χ2n) is 4.44. The predicted molar refractivity (Wildman–Crippen MR) is 89.0 cm³/mol. The Labute approximate surface area is 126 Å². The van der Waals surface area contributed by atoms with Crippen molar-refractivity contribution < 1.29 is 0 Å². The maximum absolute atomic E-state index is 4.66. The van der Waals surface area contributed by atoms with Gasteiger partial charge in [-0.05, 0) is 6.92 Å². The second-order valence-corrected chi connectivity index (χ2v) is 4.44. The van der Waals surface area contributed by atoms with E-state index in [2.05, 4.69) is 34.2 Å². The SMILES string of the molecule is CC.Cc1cnc(-c2ccccc2)c(-c2ccccc2)n1. The van der Waals surface area contributed by atoms with Gasteiger partial charge in [0.15, 0.2) is 0 Å². The summed E-state index contributed by atoms with van der Waals surface area (Å²) in [5.41, 5.74) is 4.98.